The first-order valence-electron chi connectivity index (χ1n) is 7.63. The van der Waals surface area contributed by atoms with Crippen molar-refractivity contribution in [1.29, 1.82) is 5.41 Å². The summed E-state index contributed by atoms with van der Waals surface area (Å²) in [5.41, 5.74) is 0.895. The molecule has 5 heteroatoms. The van der Waals surface area contributed by atoms with Crippen LogP contribution in [0.15, 0.2) is 41.3 Å². The lowest BCUT2D eigenvalue weighted by atomic mass is 10.0. The van der Waals surface area contributed by atoms with Gasteiger partial charge in [-0.2, -0.15) is 0 Å². The summed E-state index contributed by atoms with van der Waals surface area (Å²) in [6.45, 7) is 2.78. The fourth-order valence-corrected chi connectivity index (χ4v) is 3.13. The second kappa shape index (κ2) is 6.87. The lowest BCUT2D eigenvalue weighted by Crippen LogP contribution is -2.18. The van der Waals surface area contributed by atoms with Gasteiger partial charge in [-0.3, -0.25) is 10.2 Å². The maximum absolute atomic E-state index is 11.9. The number of amidine groups is 1. The highest BCUT2D eigenvalue weighted by atomic mass is 32.2. The average Bonchev–Trinajstić information content (AvgIpc) is 2.87. The minimum atomic E-state index is -0.229. The minimum absolute atomic E-state index is 0.162. The van der Waals surface area contributed by atoms with E-state index in [0.717, 1.165) is 46.7 Å². The molecule has 0 unspecified atom stereocenters. The fraction of sp³-hybridized carbons (Fsp3) is 0.222. The summed E-state index contributed by atoms with van der Waals surface area (Å²) in [6.07, 6.45) is 3.88. The normalized spacial score (nSPS) is 16.1. The molecule has 1 saturated heterocycles. The Kier molecular flexibility index (Phi) is 4.67. The van der Waals surface area contributed by atoms with Gasteiger partial charge in [-0.1, -0.05) is 43.7 Å². The van der Waals surface area contributed by atoms with Gasteiger partial charge in [0.25, 0.3) is 5.91 Å². The predicted molar refractivity (Wildman–Crippen MR) is 95.8 cm³/mol. The van der Waals surface area contributed by atoms with Crippen LogP contribution in [0.4, 0.5) is 0 Å². The number of carbonyl (C=O) groups is 1. The molecule has 0 atom stereocenters. The van der Waals surface area contributed by atoms with Gasteiger partial charge in [0, 0.05) is 5.56 Å². The molecule has 0 aromatic heterocycles. The van der Waals surface area contributed by atoms with E-state index < -0.39 is 0 Å². The van der Waals surface area contributed by atoms with Gasteiger partial charge in [-0.25, -0.2) is 0 Å². The topological polar surface area (TPSA) is 62.2 Å². The van der Waals surface area contributed by atoms with Gasteiger partial charge in [0.05, 0.1) is 11.5 Å². The number of benzene rings is 2. The van der Waals surface area contributed by atoms with E-state index in [1.807, 2.05) is 42.5 Å². The van der Waals surface area contributed by atoms with Crippen molar-refractivity contribution < 1.29 is 9.53 Å². The molecule has 118 valence electrons. The van der Waals surface area contributed by atoms with Crippen molar-refractivity contribution in [1.82, 2.24) is 5.32 Å². The number of fused-ring (bicyclic) bond motifs is 1. The van der Waals surface area contributed by atoms with E-state index in [-0.39, 0.29) is 11.1 Å². The van der Waals surface area contributed by atoms with Crippen LogP contribution in [0.2, 0.25) is 0 Å². The van der Waals surface area contributed by atoms with Gasteiger partial charge in [0.2, 0.25) is 0 Å². The number of thioether (sulfide) groups is 1. The van der Waals surface area contributed by atoms with E-state index in [2.05, 4.69) is 12.2 Å². The molecular weight excluding hydrogens is 308 g/mol. The van der Waals surface area contributed by atoms with E-state index in [4.69, 9.17) is 10.1 Å². The van der Waals surface area contributed by atoms with Gasteiger partial charge in [-0.15, -0.1) is 0 Å². The molecule has 0 bridgehead atoms. The van der Waals surface area contributed by atoms with E-state index >= 15 is 0 Å². The first-order valence-corrected chi connectivity index (χ1v) is 8.44. The quantitative estimate of drug-likeness (QED) is 0.641. The maximum atomic E-state index is 11.9. The van der Waals surface area contributed by atoms with Crippen molar-refractivity contribution in [3.05, 3.63) is 46.9 Å². The molecule has 1 amide bonds. The second-order valence-electron chi connectivity index (χ2n) is 5.29. The molecule has 0 radical (unpaired) electrons. The number of hydrogen-bond donors (Lipinski definition) is 2. The lowest BCUT2D eigenvalue weighted by Gasteiger charge is -2.12. The summed E-state index contributed by atoms with van der Waals surface area (Å²) in [5.74, 6) is 0.545. The van der Waals surface area contributed by atoms with E-state index in [0.29, 0.717) is 11.5 Å². The molecule has 2 aromatic rings. The Labute approximate surface area is 139 Å². The van der Waals surface area contributed by atoms with Crippen molar-refractivity contribution in [2.24, 2.45) is 0 Å². The number of ether oxygens (including phenoxy) is 1. The molecular formula is C18H18N2O2S. The number of rotatable bonds is 5. The van der Waals surface area contributed by atoms with Crippen LogP contribution in [0.1, 0.15) is 25.3 Å². The predicted octanol–water partition coefficient (Wildman–Crippen LogP) is 4.16. The highest BCUT2D eigenvalue weighted by Crippen LogP contribution is 2.33. The molecule has 0 spiro atoms. The van der Waals surface area contributed by atoms with Crippen LogP contribution in [0.5, 0.6) is 5.75 Å². The standard InChI is InChI=1S/C18H18N2O2S/c1-2-3-10-22-15-9-8-12-6-4-5-7-13(12)14(15)11-16-17(21)20-18(19)23-16/h4-9,11H,2-3,10H2,1H3,(H2,19,20,21). The van der Waals surface area contributed by atoms with Crippen molar-refractivity contribution >= 4 is 39.7 Å². The summed E-state index contributed by atoms with van der Waals surface area (Å²) in [6, 6.07) is 12.0. The van der Waals surface area contributed by atoms with Crippen LogP contribution in [-0.2, 0) is 4.79 Å². The molecule has 0 aliphatic carbocycles. The molecule has 1 fully saturated rings. The van der Waals surface area contributed by atoms with Crippen molar-refractivity contribution in [2.75, 3.05) is 6.61 Å². The molecule has 0 saturated carbocycles. The molecule has 3 rings (SSSR count). The zero-order chi connectivity index (χ0) is 16.2. The van der Waals surface area contributed by atoms with Gasteiger partial charge in [0.1, 0.15) is 5.75 Å². The van der Waals surface area contributed by atoms with E-state index in [1.54, 1.807) is 0 Å². The molecule has 4 nitrogen and oxygen atoms in total. The van der Waals surface area contributed by atoms with E-state index in [1.165, 1.54) is 0 Å². The van der Waals surface area contributed by atoms with Gasteiger partial charge in [-0.05, 0) is 41.1 Å². The molecule has 2 N–H and O–H groups in total. The molecule has 23 heavy (non-hydrogen) atoms. The third-order valence-corrected chi connectivity index (χ3v) is 4.45. The van der Waals surface area contributed by atoms with Gasteiger partial charge in [0.15, 0.2) is 5.17 Å². The Morgan fingerprint density at radius 2 is 2.09 bits per heavy atom. The van der Waals surface area contributed by atoms with Crippen molar-refractivity contribution in [3.8, 4) is 5.75 Å². The first-order chi connectivity index (χ1) is 11.2. The third-order valence-electron chi connectivity index (χ3n) is 3.62. The largest absolute Gasteiger partial charge is 0.493 e. The number of nitrogens with one attached hydrogen (secondary N) is 2. The summed E-state index contributed by atoms with van der Waals surface area (Å²) in [4.78, 5) is 12.4. The Morgan fingerprint density at radius 3 is 2.83 bits per heavy atom. The van der Waals surface area contributed by atoms with Crippen LogP contribution in [0, 0.1) is 5.41 Å². The summed E-state index contributed by atoms with van der Waals surface area (Å²) < 4.78 is 5.92. The highest BCUT2D eigenvalue weighted by Gasteiger charge is 2.23. The Balaban J connectivity index is 2.07. The number of unbranched alkanes of at least 4 members (excludes halogenated alkanes) is 1. The van der Waals surface area contributed by atoms with Crippen LogP contribution < -0.4 is 10.1 Å². The summed E-state index contributed by atoms with van der Waals surface area (Å²) in [7, 11) is 0. The molecule has 1 aliphatic rings. The SMILES string of the molecule is CCCCOc1ccc2ccccc2c1C=C1SC(=N)NC1=O. The van der Waals surface area contributed by atoms with Crippen molar-refractivity contribution in [2.45, 2.75) is 19.8 Å². The number of hydrogen-bond acceptors (Lipinski definition) is 4. The zero-order valence-corrected chi connectivity index (χ0v) is 13.7. The third kappa shape index (κ3) is 3.40. The van der Waals surface area contributed by atoms with Crippen LogP contribution in [0.25, 0.3) is 16.8 Å². The first kappa shape index (κ1) is 15.6. The minimum Gasteiger partial charge on any atom is -0.493 e. The van der Waals surface area contributed by atoms with Gasteiger partial charge >= 0.3 is 0 Å². The smallest absolute Gasteiger partial charge is 0.264 e. The Morgan fingerprint density at radius 1 is 1.26 bits per heavy atom. The van der Waals surface area contributed by atoms with Gasteiger partial charge < -0.3 is 10.1 Å². The fourth-order valence-electron chi connectivity index (χ4n) is 2.45. The monoisotopic (exact) mass is 326 g/mol. The zero-order valence-electron chi connectivity index (χ0n) is 12.9. The van der Waals surface area contributed by atoms with Crippen LogP contribution in [0.3, 0.4) is 0 Å². The van der Waals surface area contributed by atoms with Crippen LogP contribution in [-0.4, -0.2) is 17.7 Å². The molecule has 2 aromatic carbocycles. The summed E-state index contributed by atoms with van der Waals surface area (Å²) in [5, 5.41) is 12.4. The number of amides is 1. The van der Waals surface area contributed by atoms with E-state index in [9.17, 15) is 4.79 Å². The average molecular weight is 326 g/mol. The lowest BCUT2D eigenvalue weighted by molar-refractivity contribution is -0.115. The molecule has 1 heterocycles. The van der Waals surface area contributed by atoms with Crippen LogP contribution >= 0.6 is 11.8 Å². The highest BCUT2D eigenvalue weighted by molar-refractivity contribution is 8.18. The Bertz CT molecular complexity index is 799. The van der Waals surface area contributed by atoms with Crippen molar-refractivity contribution in [3.63, 3.8) is 0 Å². The Hall–Kier alpha value is -2.27. The second-order valence-corrected chi connectivity index (χ2v) is 6.35. The molecule has 1 aliphatic heterocycles. The maximum Gasteiger partial charge on any atom is 0.264 e. The number of carbonyl (C=O) groups excluding carboxylic acids is 1. The summed E-state index contributed by atoms with van der Waals surface area (Å²) >= 11 is 1.14.